The van der Waals surface area contributed by atoms with E-state index in [0.29, 0.717) is 37.9 Å². The van der Waals surface area contributed by atoms with Gasteiger partial charge in [-0.2, -0.15) is 0 Å². The molecule has 0 saturated heterocycles. The number of carbonyl (C=O) groups is 3. The average molecular weight is 469 g/mol. The van der Waals surface area contributed by atoms with E-state index in [1.165, 1.54) is 0 Å². The van der Waals surface area contributed by atoms with Crippen LogP contribution in [0.2, 0.25) is 0 Å². The molecule has 1 aromatic heterocycles. The first-order chi connectivity index (χ1) is 16.0. The van der Waals surface area contributed by atoms with Crippen LogP contribution in [0.15, 0.2) is 48.7 Å². The number of anilines is 1. The van der Waals surface area contributed by atoms with Gasteiger partial charge in [-0.15, -0.1) is 0 Å². The zero-order valence-corrected chi connectivity index (χ0v) is 20.5. The Morgan fingerprint density at radius 1 is 1.03 bits per heavy atom. The molecule has 8 nitrogen and oxygen atoms in total. The number of ketones is 1. The lowest BCUT2D eigenvalue weighted by Gasteiger charge is -2.24. The van der Waals surface area contributed by atoms with E-state index in [9.17, 15) is 14.4 Å². The lowest BCUT2D eigenvalue weighted by Crippen LogP contribution is -2.51. The maximum atomic E-state index is 13.0. The molecule has 0 aliphatic rings. The number of hydrogen-bond donors (Lipinski definition) is 3. The number of ether oxygens (including phenoxy) is 1. The molecule has 2 aromatic rings. The average Bonchev–Trinajstić information content (AvgIpc) is 2.76. The summed E-state index contributed by atoms with van der Waals surface area (Å²) in [6.07, 6.45) is 3.58. The van der Waals surface area contributed by atoms with E-state index >= 15 is 0 Å². The van der Waals surface area contributed by atoms with Gasteiger partial charge in [-0.05, 0) is 76.6 Å². The van der Waals surface area contributed by atoms with Crippen molar-refractivity contribution in [1.82, 2.24) is 15.6 Å². The summed E-state index contributed by atoms with van der Waals surface area (Å²) in [5.41, 5.74) is 7.06. The van der Waals surface area contributed by atoms with Crippen molar-refractivity contribution in [3.8, 4) is 0 Å². The second kappa shape index (κ2) is 12.7. The van der Waals surface area contributed by atoms with Crippen LogP contribution >= 0.6 is 0 Å². The number of benzene rings is 1. The summed E-state index contributed by atoms with van der Waals surface area (Å²) < 4.78 is 5.32. The van der Waals surface area contributed by atoms with Crippen LogP contribution in [0.1, 0.15) is 58.1 Å². The fourth-order valence-corrected chi connectivity index (χ4v) is 3.40. The van der Waals surface area contributed by atoms with Gasteiger partial charge in [0, 0.05) is 12.6 Å². The van der Waals surface area contributed by atoms with Crippen LogP contribution in [-0.4, -0.2) is 40.5 Å². The minimum Gasteiger partial charge on any atom is -0.444 e. The molecule has 0 aliphatic heterocycles. The van der Waals surface area contributed by atoms with E-state index in [1.807, 2.05) is 36.4 Å². The standard InChI is InChI=1S/C26H36N4O4/c1-18(22(31)12-8-11-20-15-16-28-23(27)17-20)29-24(32)21(30-25(33)34-26(2,3)4)14-13-19-9-6-5-7-10-19/h5-7,9-10,15-18,21H,8,11-14H2,1-4H3,(H2,27,28)(H,29,32)(H,30,33)/t18-,21+/m0/s1. The maximum Gasteiger partial charge on any atom is 0.408 e. The van der Waals surface area contributed by atoms with Crippen molar-refractivity contribution >= 4 is 23.6 Å². The SMILES string of the molecule is C[C@H](NC(=O)[C@@H](CCc1ccccc1)NC(=O)OC(C)(C)C)C(=O)CCCc1ccnc(N)c1. The number of hydrogen-bond acceptors (Lipinski definition) is 6. The summed E-state index contributed by atoms with van der Waals surface area (Å²) in [5, 5.41) is 5.41. The maximum absolute atomic E-state index is 13.0. The number of aryl methyl sites for hydroxylation is 2. The van der Waals surface area contributed by atoms with E-state index in [4.69, 9.17) is 10.5 Å². The Morgan fingerprint density at radius 3 is 2.38 bits per heavy atom. The molecule has 0 fully saturated rings. The second-order valence-electron chi connectivity index (χ2n) is 9.36. The number of nitrogens with two attached hydrogens (primary N) is 1. The monoisotopic (exact) mass is 468 g/mol. The molecule has 0 saturated carbocycles. The van der Waals surface area contributed by atoms with E-state index in [1.54, 1.807) is 40.0 Å². The normalized spacial score (nSPS) is 12.9. The van der Waals surface area contributed by atoms with Crippen LogP contribution in [0.25, 0.3) is 0 Å². The van der Waals surface area contributed by atoms with Crippen molar-refractivity contribution in [3.63, 3.8) is 0 Å². The van der Waals surface area contributed by atoms with Gasteiger partial charge in [0.1, 0.15) is 17.5 Å². The third-order valence-electron chi connectivity index (χ3n) is 5.15. The number of rotatable bonds is 11. The van der Waals surface area contributed by atoms with Crippen LogP contribution in [0.5, 0.6) is 0 Å². The second-order valence-corrected chi connectivity index (χ2v) is 9.36. The number of carbonyl (C=O) groups excluding carboxylic acids is 3. The number of amides is 2. The van der Waals surface area contributed by atoms with Gasteiger partial charge in [-0.1, -0.05) is 30.3 Å². The molecule has 2 atom stereocenters. The Labute approximate surface area is 201 Å². The molecule has 8 heteroatoms. The highest BCUT2D eigenvalue weighted by Crippen LogP contribution is 2.11. The van der Waals surface area contributed by atoms with Gasteiger partial charge >= 0.3 is 6.09 Å². The van der Waals surface area contributed by atoms with Crippen LogP contribution in [-0.2, 0) is 27.2 Å². The van der Waals surface area contributed by atoms with Crippen LogP contribution in [0, 0.1) is 0 Å². The molecule has 4 N–H and O–H groups in total. The molecule has 0 aliphatic carbocycles. The number of pyridine rings is 1. The molecule has 184 valence electrons. The molecule has 1 aromatic carbocycles. The Balaban J connectivity index is 1.92. The van der Waals surface area contributed by atoms with Gasteiger partial charge in [-0.25, -0.2) is 9.78 Å². The first-order valence-corrected chi connectivity index (χ1v) is 11.6. The largest absolute Gasteiger partial charge is 0.444 e. The Kier molecular flexibility index (Phi) is 10.0. The topological polar surface area (TPSA) is 123 Å². The Morgan fingerprint density at radius 2 is 1.74 bits per heavy atom. The van der Waals surface area contributed by atoms with Crippen molar-refractivity contribution in [2.45, 2.75) is 77.5 Å². The predicted octanol–water partition coefficient (Wildman–Crippen LogP) is 3.59. The molecule has 0 radical (unpaired) electrons. The summed E-state index contributed by atoms with van der Waals surface area (Å²) in [6.45, 7) is 6.93. The zero-order valence-electron chi connectivity index (χ0n) is 20.5. The van der Waals surface area contributed by atoms with E-state index in [-0.39, 0.29) is 5.78 Å². The van der Waals surface area contributed by atoms with Crippen LogP contribution in [0.3, 0.4) is 0 Å². The molecule has 1 heterocycles. The van der Waals surface area contributed by atoms with Crippen LogP contribution in [0.4, 0.5) is 10.6 Å². The fraction of sp³-hybridized carbons (Fsp3) is 0.462. The van der Waals surface area contributed by atoms with E-state index in [2.05, 4.69) is 15.6 Å². The highest BCUT2D eigenvalue weighted by Gasteiger charge is 2.26. The fourth-order valence-electron chi connectivity index (χ4n) is 3.40. The number of Topliss-reactive ketones (excluding diaryl/α,β-unsaturated/α-hetero) is 1. The first-order valence-electron chi connectivity index (χ1n) is 11.6. The van der Waals surface area contributed by atoms with Crippen molar-refractivity contribution in [1.29, 1.82) is 0 Å². The summed E-state index contributed by atoms with van der Waals surface area (Å²) in [6, 6.07) is 11.8. The molecule has 2 rings (SSSR count). The highest BCUT2D eigenvalue weighted by atomic mass is 16.6. The van der Waals surface area contributed by atoms with Crippen molar-refractivity contribution in [2.75, 3.05) is 5.73 Å². The highest BCUT2D eigenvalue weighted by molar-refractivity contribution is 5.91. The molecule has 0 spiro atoms. The smallest absolute Gasteiger partial charge is 0.408 e. The molecule has 34 heavy (non-hydrogen) atoms. The summed E-state index contributed by atoms with van der Waals surface area (Å²) in [5.74, 6) is -0.0394. The molecule has 0 unspecified atom stereocenters. The van der Waals surface area contributed by atoms with Crippen molar-refractivity contribution in [3.05, 3.63) is 59.8 Å². The van der Waals surface area contributed by atoms with Crippen molar-refractivity contribution in [2.24, 2.45) is 0 Å². The third kappa shape index (κ3) is 10.0. The minimum atomic E-state index is -0.829. The van der Waals surface area contributed by atoms with E-state index in [0.717, 1.165) is 11.1 Å². The number of nitrogen functional groups attached to an aromatic ring is 1. The van der Waals surface area contributed by atoms with Gasteiger partial charge in [-0.3, -0.25) is 9.59 Å². The molecule has 2 amide bonds. The number of nitrogens with one attached hydrogen (secondary N) is 2. The Bertz CT molecular complexity index is 957. The van der Waals surface area contributed by atoms with E-state index < -0.39 is 29.7 Å². The first kappa shape index (κ1) is 26.8. The number of alkyl carbamates (subject to hydrolysis) is 1. The minimum absolute atomic E-state index is 0.0746. The van der Waals surface area contributed by atoms with Gasteiger partial charge < -0.3 is 21.1 Å². The lowest BCUT2D eigenvalue weighted by atomic mass is 10.0. The summed E-state index contributed by atoms with van der Waals surface area (Å²) in [7, 11) is 0. The molecule has 0 bridgehead atoms. The number of aromatic nitrogens is 1. The van der Waals surface area contributed by atoms with Crippen molar-refractivity contribution < 1.29 is 19.1 Å². The van der Waals surface area contributed by atoms with Crippen LogP contribution < -0.4 is 16.4 Å². The lowest BCUT2D eigenvalue weighted by molar-refractivity contribution is -0.128. The number of nitrogens with zero attached hydrogens (tertiary/aromatic N) is 1. The predicted molar refractivity (Wildman–Crippen MR) is 132 cm³/mol. The summed E-state index contributed by atoms with van der Waals surface area (Å²) >= 11 is 0. The van der Waals surface area contributed by atoms with Gasteiger partial charge in [0.25, 0.3) is 0 Å². The van der Waals surface area contributed by atoms with Gasteiger partial charge in [0.2, 0.25) is 5.91 Å². The zero-order chi connectivity index (χ0) is 25.1. The van der Waals surface area contributed by atoms with Gasteiger partial charge in [0.15, 0.2) is 5.78 Å². The van der Waals surface area contributed by atoms with Gasteiger partial charge in [0.05, 0.1) is 6.04 Å². The third-order valence-corrected chi connectivity index (χ3v) is 5.15. The Hall–Kier alpha value is -3.42. The quantitative estimate of drug-likeness (QED) is 0.463. The molecular weight excluding hydrogens is 432 g/mol. The molecular formula is C26H36N4O4. The summed E-state index contributed by atoms with van der Waals surface area (Å²) in [4.78, 5) is 41.8.